The van der Waals surface area contributed by atoms with E-state index in [4.69, 9.17) is 24.6 Å². The Morgan fingerprint density at radius 1 is 0.674 bits per heavy atom. The summed E-state index contributed by atoms with van der Waals surface area (Å²) < 4.78 is 19.5. The lowest BCUT2D eigenvalue weighted by molar-refractivity contribution is -0.147. The number of hydrogen-bond donors (Lipinski definition) is 5. The van der Waals surface area contributed by atoms with Gasteiger partial charge in [-0.05, 0) is 74.8 Å². The Hall–Kier alpha value is -7.53. The van der Waals surface area contributed by atoms with Crippen LogP contribution >= 0.6 is 0 Å². The second kappa shape index (κ2) is 27.4. The van der Waals surface area contributed by atoms with Gasteiger partial charge in [0.05, 0.1) is 66.2 Å². The van der Waals surface area contributed by atoms with Crippen molar-refractivity contribution in [1.29, 1.82) is 0 Å². The minimum atomic E-state index is -0.824. The van der Waals surface area contributed by atoms with E-state index in [0.29, 0.717) is 44.3 Å². The standard InChI is InChI=1S/C63H92N12O11/c1-32(2)50-62(82)74-24-18-20-44(74)60(80)70(14)28-46(76)72(16)54(34(5)6)39(12)84-30-41(26-65-50)67-38(11)48-49(64)56(78)37(10)58-53(48)69-52-43(23-22-36(9)57(52)86-58)59(79)68-42-27-66-51(33(3)4)63(83)75-25-19-21-45(75)61(81)71(15)29-47(77)73(17)55(35(7)8)40(13)85-31-42/h22-23,32-35,41-42,44-45,50-51,54-55,65-67H,11-13,18-21,24-31,64H2,1-10,14-17H3,(H,68,79). The summed E-state index contributed by atoms with van der Waals surface area (Å²) in [6.45, 7) is 31.9. The van der Waals surface area contributed by atoms with E-state index < -0.39 is 59.7 Å². The van der Waals surface area contributed by atoms with Crippen molar-refractivity contribution in [3.8, 4) is 11.5 Å². The molecule has 0 radical (unpaired) electrons. The van der Waals surface area contributed by atoms with Crippen LogP contribution in [0.15, 0.2) is 52.6 Å². The zero-order valence-electron chi connectivity index (χ0n) is 52.9. The smallest absolute Gasteiger partial charge is 0.254 e. The summed E-state index contributed by atoms with van der Waals surface area (Å²) in [5.41, 5.74) is 7.63. The fraction of sp³-hybridized carbons (Fsp3) is 0.603. The third kappa shape index (κ3) is 13.8. The van der Waals surface area contributed by atoms with Crippen molar-refractivity contribution in [2.75, 3.05) is 86.4 Å². The molecule has 7 amide bonds. The molecule has 0 bridgehead atoms. The number of aryl methyl sites for hydroxylation is 1. The van der Waals surface area contributed by atoms with Crippen molar-refractivity contribution >= 4 is 63.8 Å². The van der Waals surface area contributed by atoms with Gasteiger partial charge in [0.1, 0.15) is 48.0 Å². The minimum absolute atomic E-state index is 0.0331. The maximum atomic E-state index is 15.0. The molecular weight excluding hydrogens is 1100 g/mol. The van der Waals surface area contributed by atoms with E-state index in [9.17, 15) is 33.6 Å². The van der Waals surface area contributed by atoms with E-state index in [1.807, 2.05) is 55.4 Å². The van der Waals surface area contributed by atoms with Gasteiger partial charge < -0.3 is 70.3 Å². The molecule has 4 fully saturated rings. The Balaban J connectivity index is 1.26. The molecule has 5 heterocycles. The molecule has 0 saturated carbocycles. The summed E-state index contributed by atoms with van der Waals surface area (Å²) in [5, 5.41) is 13.4. The number of nitrogen functional groups attached to an aromatic ring is 1. The monoisotopic (exact) mass is 1190 g/mol. The van der Waals surface area contributed by atoms with Crippen molar-refractivity contribution in [1.82, 2.24) is 55.7 Å². The molecule has 23 nitrogen and oxygen atoms in total. The zero-order chi connectivity index (χ0) is 63.5. The largest absolute Gasteiger partial charge is 0.494 e. The van der Waals surface area contributed by atoms with Gasteiger partial charge in [0.2, 0.25) is 40.9 Å². The van der Waals surface area contributed by atoms with Crippen LogP contribution in [-0.2, 0) is 38.2 Å². The molecule has 86 heavy (non-hydrogen) atoms. The highest BCUT2D eigenvalue weighted by Gasteiger charge is 2.43. The zero-order valence-corrected chi connectivity index (χ0v) is 52.9. The second-order valence-corrected chi connectivity index (χ2v) is 25.2. The number of hydrogen-bond acceptors (Lipinski definition) is 16. The molecular formula is C63H92N12O11. The van der Waals surface area contributed by atoms with Crippen molar-refractivity contribution in [2.24, 2.45) is 23.7 Å². The SMILES string of the molecule is C=C(NC1CNC(C(C)C)C(=O)N2CCCC2C(=O)N(C)CC(=O)N(C)C(C(C)C)C(=C)OC1)c1c2nc3c(C(=O)NC4CNC(C(C)C)C(=O)N5CCCC5C(=O)N(C)CC(=O)N(C)C(C(C)C)C(=C)OC4)ccc(C)c3oc-2c(C)c(=O)c1N. The predicted octanol–water partition coefficient (Wildman–Crippen LogP) is 3.70. The molecule has 5 aliphatic heterocycles. The summed E-state index contributed by atoms with van der Waals surface area (Å²) in [5.74, 6) is -2.58. The number of carbonyl (C=O) groups is 7. The lowest BCUT2D eigenvalue weighted by Gasteiger charge is -2.36. The molecule has 8 unspecified atom stereocenters. The summed E-state index contributed by atoms with van der Waals surface area (Å²) in [4.78, 5) is 128. The van der Waals surface area contributed by atoms with Gasteiger partial charge in [0.25, 0.3) is 5.91 Å². The number of benzene rings is 2. The van der Waals surface area contributed by atoms with Gasteiger partial charge in [-0.1, -0.05) is 81.2 Å². The van der Waals surface area contributed by atoms with Gasteiger partial charge >= 0.3 is 0 Å². The van der Waals surface area contributed by atoms with Crippen molar-refractivity contribution in [3.05, 3.63) is 75.9 Å². The lowest BCUT2D eigenvalue weighted by atomic mass is 9.98. The fourth-order valence-corrected chi connectivity index (χ4v) is 12.5. The number of carbonyl (C=O) groups excluding carboxylic acids is 7. The van der Waals surface area contributed by atoms with E-state index in [-0.39, 0.29) is 161 Å². The molecule has 8 atom stereocenters. The Morgan fingerprint density at radius 3 is 1.57 bits per heavy atom. The highest BCUT2D eigenvalue weighted by Crippen LogP contribution is 2.37. The number of nitrogens with two attached hydrogens (primary N) is 1. The van der Waals surface area contributed by atoms with Crippen LogP contribution in [0.2, 0.25) is 0 Å². The molecule has 6 aliphatic rings. The predicted molar refractivity (Wildman–Crippen MR) is 329 cm³/mol. The third-order valence-corrected chi connectivity index (χ3v) is 17.3. The number of anilines is 1. The van der Waals surface area contributed by atoms with Crippen molar-refractivity contribution in [3.63, 3.8) is 0 Å². The van der Waals surface area contributed by atoms with Crippen LogP contribution in [0.1, 0.15) is 108 Å². The second-order valence-electron chi connectivity index (χ2n) is 25.2. The average Bonchev–Trinajstić information content (AvgIpc) is 1.92. The maximum Gasteiger partial charge on any atom is 0.254 e. The Bertz CT molecular complexity index is 3150. The number of rotatable bonds is 9. The molecule has 7 rings (SSSR count). The van der Waals surface area contributed by atoms with Gasteiger partial charge in [0.15, 0.2) is 11.3 Å². The summed E-state index contributed by atoms with van der Waals surface area (Å²) in [6, 6.07) is -2.43. The topological polar surface area (TPSA) is 275 Å². The molecule has 470 valence electrons. The van der Waals surface area contributed by atoms with E-state index in [1.54, 1.807) is 64.0 Å². The van der Waals surface area contributed by atoms with E-state index in [1.165, 1.54) is 19.6 Å². The Kier molecular flexibility index (Phi) is 21.1. The number of fused-ring (bicyclic) bond motifs is 4. The first kappa shape index (κ1) is 66.0. The first-order chi connectivity index (χ1) is 40.5. The molecule has 1 aliphatic carbocycles. The summed E-state index contributed by atoms with van der Waals surface area (Å²) >= 11 is 0. The number of aromatic nitrogens is 1. The number of amides is 7. The van der Waals surface area contributed by atoms with E-state index in [2.05, 4.69) is 41.0 Å². The first-order valence-corrected chi connectivity index (χ1v) is 30.1. The number of likely N-dealkylation sites (N-methyl/N-ethyl adjacent to an activating group) is 4. The molecule has 23 heteroatoms. The molecule has 1 aromatic rings. The Morgan fingerprint density at radius 2 is 1.13 bits per heavy atom. The average molecular weight is 1190 g/mol. The first-order valence-electron chi connectivity index (χ1n) is 30.1. The number of nitrogens with zero attached hydrogens (tertiary/aromatic N) is 7. The van der Waals surface area contributed by atoms with Crippen LogP contribution in [-0.4, -0.2) is 205 Å². The Labute approximate surface area is 505 Å². The molecule has 4 saturated heterocycles. The summed E-state index contributed by atoms with van der Waals surface area (Å²) in [7, 11) is 6.42. The number of ether oxygens (including phenoxy) is 2. The molecule has 0 aromatic heterocycles. The lowest BCUT2D eigenvalue weighted by Crippen LogP contribution is -2.57. The van der Waals surface area contributed by atoms with Crippen LogP contribution in [0.4, 0.5) is 5.69 Å². The normalized spacial score (nSPS) is 25.3. The maximum absolute atomic E-state index is 15.0. The van der Waals surface area contributed by atoms with Gasteiger partial charge in [-0.2, -0.15) is 0 Å². The van der Waals surface area contributed by atoms with E-state index in [0.717, 1.165) is 0 Å². The highest BCUT2D eigenvalue weighted by molar-refractivity contribution is 6.06. The highest BCUT2D eigenvalue weighted by atomic mass is 16.5. The van der Waals surface area contributed by atoms with Gasteiger partial charge in [-0.15, -0.1) is 0 Å². The summed E-state index contributed by atoms with van der Waals surface area (Å²) in [6.07, 6.45) is 2.14. The van der Waals surface area contributed by atoms with Crippen molar-refractivity contribution < 1.29 is 47.5 Å². The fourth-order valence-electron chi connectivity index (χ4n) is 12.5. The van der Waals surface area contributed by atoms with Crippen molar-refractivity contribution in [2.45, 2.75) is 143 Å². The minimum Gasteiger partial charge on any atom is -0.494 e. The van der Waals surface area contributed by atoms with Gasteiger partial charge in [-0.3, -0.25) is 38.4 Å². The molecule has 1 aromatic carbocycles. The molecule has 0 spiro atoms. The van der Waals surface area contributed by atoms with Crippen LogP contribution < -0.4 is 32.4 Å². The van der Waals surface area contributed by atoms with E-state index >= 15 is 4.79 Å². The van der Waals surface area contributed by atoms with Crippen LogP contribution in [0, 0.1) is 37.5 Å². The van der Waals surface area contributed by atoms with Gasteiger partial charge in [-0.25, -0.2) is 4.98 Å². The van der Waals surface area contributed by atoms with Crippen LogP contribution in [0.3, 0.4) is 0 Å². The van der Waals surface area contributed by atoms with Crippen LogP contribution in [0.25, 0.3) is 28.3 Å². The van der Waals surface area contributed by atoms with Crippen LogP contribution in [0.5, 0.6) is 0 Å². The quantitative estimate of drug-likeness (QED) is 0.151. The third-order valence-electron chi connectivity index (χ3n) is 17.3. The number of nitrogens with one attached hydrogen (secondary N) is 4. The van der Waals surface area contributed by atoms with Gasteiger partial charge in [0, 0.05) is 65.6 Å². The molecule has 6 N–H and O–H groups in total.